The number of benzene rings is 1. The van der Waals surface area contributed by atoms with Crippen LogP contribution in [0.15, 0.2) is 18.2 Å². The Morgan fingerprint density at radius 1 is 1.33 bits per heavy atom. The minimum Gasteiger partial charge on any atom is -0.352 e. The van der Waals surface area contributed by atoms with Gasteiger partial charge >= 0.3 is 0 Å². The van der Waals surface area contributed by atoms with Crippen molar-refractivity contribution in [2.45, 2.75) is 25.4 Å². The predicted octanol–water partition coefficient (Wildman–Crippen LogP) is 1.04. The third-order valence-electron chi connectivity index (χ3n) is 4.36. The van der Waals surface area contributed by atoms with E-state index < -0.39 is 11.7 Å². The zero-order valence-corrected chi connectivity index (χ0v) is 13.8. The van der Waals surface area contributed by atoms with Gasteiger partial charge in [-0.2, -0.15) is 0 Å². The van der Waals surface area contributed by atoms with Crippen LogP contribution in [-0.2, 0) is 9.59 Å². The molecule has 0 radical (unpaired) electrons. The van der Waals surface area contributed by atoms with Gasteiger partial charge in [-0.15, -0.1) is 0 Å². The second-order valence-corrected chi connectivity index (χ2v) is 6.52. The van der Waals surface area contributed by atoms with Crippen LogP contribution in [0.5, 0.6) is 0 Å². The van der Waals surface area contributed by atoms with E-state index in [1.54, 1.807) is 4.90 Å². The maximum atomic E-state index is 14.0. The van der Waals surface area contributed by atoms with E-state index >= 15 is 0 Å². The Kier molecular flexibility index (Phi) is 4.45. The molecule has 128 valence electrons. The normalized spacial score (nSPS) is 23.2. The number of nitrogens with one attached hydrogen (secondary N) is 1. The summed E-state index contributed by atoms with van der Waals surface area (Å²) in [6, 6.07) is 3.73. The fraction of sp³-hybridized carbons (Fsp3) is 0.438. The smallest absolute Gasteiger partial charge is 0.258 e. The second kappa shape index (κ2) is 6.39. The van der Waals surface area contributed by atoms with Crippen molar-refractivity contribution >= 4 is 29.3 Å². The number of carbonyl (C=O) groups is 3. The Morgan fingerprint density at radius 3 is 2.75 bits per heavy atom. The number of hydrogen-bond acceptors (Lipinski definition) is 3. The molecule has 2 unspecified atom stereocenters. The molecule has 0 aliphatic carbocycles. The largest absolute Gasteiger partial charge is 0.352 e. The number of hydrogen-bond donors (Lipinski definition) is 1. The summed E-state index contributed by atoms with van der Waals surface area (Å²) in [4.78, 5) is 39.1. The van der Waals surface area contributed by atoms with Gasteiger partial charge in [0.25, 0.3) is 5.91 Å². The molecule has 1 aromatic rings. The van der Waals surface area contributed by atoms with Crippen molar-refractivity contribution in [2.24, 2.45) is 0 Å². The molecule has 0 saturated carbocycles. The molecule has 0 spiro atoms. The summed E-state index contributed by atoms with van der Waals surface area (Å²) in [7, 11) is 0. The molecule has 6 nitrogen and oxygen atoms in total. The van der Waals surface area contributed by atoms with Crippen LogP contribution in [-0.4, -0.2) is 59.2 Å². The highest BCUT2D eigenvalue weighted by Crippen LogP contribution is 2.26. The zero-order chi connectivity index (χ0) is 17.4. The molecule has 2 heterocycles. The number of halogens is 2. The van der Waals surface area contributed by atoms with Crippen LogP contribution in [0.25, 0.3) is 0 Å². The summed E-state index contributed by atoms with van der Waals surface area (Å²) in [5, 5.41) is 2.82. The van der Waals surface area contributed by atoms with E-state index in [1.165, 1.54) is 30.0 Å². The summed E-state index contributed by atoms with van der Waals surface area (Å²) >= 11 is 5.94. The number of rotatable bonds is 2. The first kappa shape index (κ1) is 16.7. The van der Waals surface area contributed by atoms with Crippen molar-refractivity contribution in [1.29, 1.82) is 0 Å². The molecular formula is C16H17ClFN3O3. The first-order chi connectivity index (χ1) is 11.4. The molecule has 3 amide bonds. The van der Waals surface area contributed by atoms with Crippen molar-refractivity contribution in [3.05, 3.63) is 34.6 Å². The van der Waals surface area contributed by atoms with Gasteiger partial charge in [0, 0.05) is 26.1 Å². The first-order valence-electron chi connectivity index (χ1n) is 7.66. The van der Waals surface area contributed by atoms with Crippen LogP contribution in [0.1, 0.15) is 23.7 Å². The molecule has 24 heavy (non-hydrogen) atoms. The van der Waals surface area contributed by atoms with Gasteiger partial charge in [-0.25, -0.2) is 4.39 Å². The summed E-state index contributed by atoms with van der Waals surface area (Å²) in [5.41, 5.74) is -0.211. The summed E-state index contributed by atoms with van der Waals surface area (Å²) in [5.74, 6) is -1.66. The Morgan fingerprint density at radius 2 is 2.08 bits per heavy atom. The molecule has 2 aliphatic heterocycles. The third kappa shape index (κ3) is 3.08. The molecule has 2 atom stereocenters. The minimum absolute atomic E-state index is 0.0254. The van der Waals surface area contributed by atoms with Crippen molar-refractivity contribution in [3.63, 3.8) is 0 Å². The molecule has 0 bridgehead atoms. The Balaban J connectivity index is 1.77. The molecule has 2 aliphatic rings. The van der Waals surface area contributed by atoms with E-state index in [0.717, 1.165) is 0 Å². The Labute approximate surface area is 143 Å². The fourth-order valence-electron chi connectivity index (χ4n) is 3.38. The van der Waals surface area contributed by atoms with Gasteiger partial charge < -0.3 is 15.1 Å². The quantitative estimate of drug-likeness (QED) is 0.863. The van der Waals surface area contributed by atoms with Crippen molar-refractivity contribution in [2.75, 3.05) is 19.6 Å². The van der Waals surface area contributed by atoms with Crippen LogP contribution in [0.3, 0.4) is 0 Å². The number of piperazine rings is 1. The number of amides is 3. The highest BCUT2D eigenvalue weighted by Gasteiger charge is 2.42. The van der Waals surface area contributed by atoms with E-state index in [9.17, 15) is 18.8 Å². The maximum absolute atomic E-state index is 14.0. The second-order valence-electron chi connectivity index (χ2n) is 6.12. The monoisotopic (exact) mass is 353 g/mol. The average Bonchev–Trinajstić information content (AvgIpc) is 2.89. The summed E-state index contributed by atoms with van der Waals surface area (Å²) in [6.45, 7) is 2.04. The molecule has 3 rings (SSSR count). The topological polar surface area (TPSA) is 69.7 Å². The maximum Gasteiger partial charge on any atom is 0.258 e. The molecular weight excluding hydrogens is 337 g/mol. The van der Waals surface area contributed by atoms with E-state index in [-0.39, 0.29) is 41.0 Å². The summed E-state index contributed by atoms with van der Waals surface area (Å²) < 4.78 is 14.0. The van der Waals surface area contributed by atoms with Crippen LogP contribution >= 0.6 is 11.6 Å². The van der Waals surface area contributed by atoms with E-state index in [2.05, 4.69) is 5.32 Å². The lowest BCUT2D eigenvalue weighted by atomic mass is 10.1. The number of nitrogens with zero attached hydrogens (tertiary/aromatic N) is 2. The van der Waals surface area contributed by atoms with Crippen LogP contribution in [0.2, 0.25) is 5.02 Å². The Bertz CT molecular complexity index is 692. The van der Waals surface area contributed by atoms with Gasteiger partial charge in [0.15, 0.2) is 0 Å². The standard InChI is InChI=1S/C16H17ClFN3O3/c1-9(22)19-10-5-11-7-20(8-14(23)21(11)6-10)16(24)15-12(17)3-2-4-13(15)18/h2-4,10-11H,5-8H2,1H3,(H,19,22). The number of fused-ring (bicyclic) bond motifs is 1. The zero-order valence-electron chi connectivity index (χ0n) is 13.1. The predicted molar refractivity (Wildman–Crippen MR) is 85.0 cm³/mol. The summed E-state index contributed by atoms with van der Waals surface area (Å²) in [6.07, 6.45) is 0.570. The van der Waals surface area contributed by atoms with Gasteiger partial charge in [0.2, 0.25) is 11.8 Å². The van der Waals surface area contributed by atoms with E-state index in [4.69, 9.17) is 11.6 Å². The van der Waals surface area contributed by atoms with Crippen molar-refractivity contribution < 1.29 is 18.8 Å². The molecule has 2 fully saturated rings. The molecule has 1 aromatic carbocycles. The van der Waals surface area contributed by atoms with Gasteiger partial charge in [-0.1, -0.05) is 17.7 Å². The average molecular weight is 354 g/mol. The van der Waals surface area contributed by atoms with Gasteiger partial charge in [-0.05, 0) is 18.6 Å². The minimum atomic E-state index is -0.704. The first-order valence-corrected chi connectivity index (χ1v) is 8.04. The molecule has 0 aromatic heterocycles. The SMILES string of the molecule is CC(=O)NC1CC2CN(C(=O)c3c(F)cccc3Cl)CC(=O)N2C1. The molecule has 1 N–H and O–H groups in total. The third-order valence-corrected chi connectivity index (χ3v) is 4.68. The van der Waals surface area contributed by atoms with Crippen LogP contribution in [0.4, 0.5) is 4.39 Å². The number of carbonyl (C=O) groups excluding carboxylic acids is 3. The lowest BCUT2D eigenvalue weighted by molar-refractivity contribution is -0.136. The highest BCUT2D eigenvalue weighted by molar-refractivity contribution is 6.33. The van der Waals surface area contributed by atoms with Gasteiger partial charge in [0.1, 0.15) is 12.4 Å². The molecule has 8 heteroatoms. The van der Waals surface area contributed by atoms with Crippen LogP contribution < -0.4 is 5.32 Å². The highest BCUT2D eigenvalue weighted by atomic mass is 35.5. The fourth-order valence-corrected chi connectivity index (χ4v) is 3.62. The van der Waals surface area contributed by atoms with Crippen molar-refractivity contribution in [1.82, 2.24) is 15.1 Å². The van der Waals surface area contributed by atoms with Crippen LogP contribution in [0, 0.1) is 5.82 Å². The lowest BCUT2D eigenvalue weighted by Crippen LogP contribution is -2.55. The lowest BCUT2D eigenvalue weighted by Gasteiger charge is -2.37. The van der Waals surface area contributed by atoms with Crippen molar-refractivity contribution in [3.8, 4) is 0 Å². The van der Waals surface area contributed by atoms with Gasteiger partial charge in [-0.3, -0.25) is 14.4 Å². The Hall–Kier alpha value is -2.15. The van der Waals surface area contributed by atoms with E-state index in [1.807, 2.05) is 0 Å². The van der Waals surface area contributed by atoms with E-state index in [0.29, 0.717) is 19.5 Å². The molecule has 2 saturated heterocycles. The van der Waals surface area contributed by atoms with Gasteiger partial charge in [0.05, 0.1) is 16.6 Å².